The molecule has 0 radical (unpaired) electrons. The molecule has 0 saturated carbocycles. The van der Waals surface area contributed by atoms with Crippen molar-refractivity contribution in [2.24, 2.45) is 0 Å². The van der Waals surface area contributed by atoms with E-state index in [-0.39, 0.29) is 5.91 Å². The Bertz CT molecular complexity index is 636. The quantitative estimate of drug-likeness (QED) is 0.742. The normalized spacial score (nSPS) is 10.4. The van der Waals surface area contributed by atoms with Crippen LogP contribution in [0.1, 0.15) is 30.3 Å². The molecule has 1 aromatic heterocycles. The van der Waals surface area contributed by atoms with Crippen LogP contribution in [-0.2, 0) is 4.79 Å². The Morgan fingerprint density at radius 1 is 1.22 bits per heavy atom. The van der Waals surface area contributed by atoms with Gasteiger partial charge >= 0.3 is 0 Å². The van der Waals surface area contributed by atoms with Crippen LogP contribution in [0, 0.1) is 13.8 Å². The van der Waals surface area contributed by atoms with Crippen molar-refractivity contribution in [1.82, 2.24) is 4.98 Å². The van der Waals surface area contributed by atoms with Crippen LogP contribution in [0.3, 0.4) is 0 Å². The Morgan fingerprint density at radius 2 is 1.91 bits per heavy atom. The Balaban J connectivity index is 1.74. The van der Waals surface area contributed by atoms with Gasteiger partial charge in [0.15, 0.2) is 16.6 Å². The molecule has 0 aliphatic carbocycles. The van der Waals surface area contributed by atoms with Crippen LogP contribution in [0.2, 0.25) is 0 Å². The molecule has 0 fully saturated rings. The molecule has 124 valence electrons. The van der Waals surface area contributed by atoms with Gasteiger partial charge in [0.2, 0.25) is 5.91 Å². The van der Waals surface area contributed by atoms with Crippen molar-refractivity contribution in [2.45, 2.75) is 33.6 Å². The Labute approximate surface area is 140 Å². The predicted molar refractivity (Wildman–Crippen MR) is 92.6 cm³/mol. The average Bonchev–Trinajstić information content (AvgIpc) is 2.83. The SMILES string of the molecule is CCOc1ccccc1OCCCC(=O)Nc1nc(C)c(C)s1. The van der Waals surface area contributed by atoms with Gasteiger partial charge in [0, 0.05) is 11.3 Å². The maximum Gasteiger partial charge on any atom is 0.226 e. The molecule has 0 saturated heterocycles. The fourth-order valence-electron chi connectivity index (χ4n) is 1.97. The molecule has 0 aliphatic heterocycles. The Kier molecular flexibility index (Phi) is 6.40. The number of nitrogens with one attached hydrogen (secondary N) is 1. The lowest BCUT2D eigenvalue weighted by atomic mass is 10.3. The summed E-state index contributed by atoms with van der Waals surface area (Å²) in [4.78, 5) is 17.3. The Hall–Kier alpha value is -2.08. The summed E-state index contributed by atoms with van der Waals surface area (Å²) in [6.45, 7) is 6.92. The number of nitrogens with zero attached hydrogens (tertiary/aromatic N) is 1. The molecule has 2 aromatic rings. The number of carbonyl (C=O) groups excluding carboxylic acids is 1. The van der Waals surface area contributed by atoms with E-state index in [2.05, 4.69) is 10.3 Å². The molecule has 1 N–H and O–H groups in total. The van der Waals surface area contributed by atoms with Crippen molar-refractivity contribution in [1.29, 1.82) is 0 Å². The van der Waals surface area contributed by atoms with Crippen molar-refractivity contribution in [3.8, 4) is 11.5 Å². The fourth-order valence-corrected chi connectivity index (χ4v) is 2.80. The van der Waals surface area contributed by atoms with Gasteiger partial charge in [-0.25, -0.2) is 4.98 Å². The van der Waals surface area contributed by atoms with Crippen LogP contribution in [0.25, 0.3) is 0 Å². The largest absolute Gasteiger partial charge is 0.490 e. The second-order valence-electron chi connectivity index (χ2n) is 5.04. The summed E-state index contributed by atoms with van der Waals surface area (Å²) in [5, 5.41) is 3.48. The lowest BCUT2D eigenvalue weighted by Gasteiger charge is -2.11. The molecule has 1 aromatic carbocycles. The minimum absolute atomic E-state index is 0.0413. The van der Waals surface area contributed by atoms with Crippen LogP contribution in [-0.4, -0.2) is 24.1 Å². The molecule has 0 unspecified atom stereocenters. The third-order valence-electron chi connectivity index (χ3n) is 3.23. The fraction of sp³-hybridized carbons (Fsp3) is 0.412. The van der Waals surface area contributed by atoms with E-state index in [1.54, 1.807) is 0 Å². The van der Waals surface area contributed by atoms with Gasteiger partial charge in [-0.3, -0.25) is 4.79 Å². The predicted octanol–water partition coefficient (Wildman–Crippen LogP) is 3.96. The van der Waals surface area contributed by atoms with Crippen LogP contribution in [0.4, 0.5) is 5.13 Å². The minimum atomic E-state index is -0.0413. The van der Waals surface area contributed by atoms with E-state index < -0.39 is 0 Å². The zero-order valence-electron chi connectivity index (χ0n) is 13.7. The monoisotopic (exact) mass is 334 g/mol. The van der Waals surface area contributed by atoms with Crippen molar-refractivity contribution in [2.75, 3.05) is 18.5 Å². The highest BCUT2D eigenvalue weighted by Gasteiger charge is 2.08. The molecule has 1 heterocycles. The number of rotatable bonds is 8. The van der Waals surface area contributed by atoms with Gasteiger partial charge in [-0.15, -0.1) is 11.3 Å². The van der Waals surface area contributed by atoms with Gasteiger partial charge in [-0.1, -0.05) is 12.1 Å². The van der Waals surface area contributed by atoms with E-state index in [1.165, 1.54) is 11.3 Å². The first-order valence-corrected chi connectivity index (χ1v) is 8.50. The third-order valence-corrected chi connectivity index (χ3v) is 4.22. The standard InChI is InChI=1S/C17H22N2O3S/c1-4-21-14-8-5-6-9-15(14)22-11-7-10-16(20)19-17-18-12(2)13(3)23-17/h5-6,8-9H,4,7,10-11H2,1-3H3,(H,18,19,20). The number of aromatic nitrogens is 1. The van der Waals surface area contributed by atoms with Gasteiger partial charge in [-0.05, 0) is 39.3 Å². The topological polar surface area (TPSA) is 60.5 Å². The molecule has 0 spiro atoms. The third kappa shape index (κ3) is 5.25. The van der Waals surface area contributed by atoms with Gasteiger partial charge in [0.1, 0.15) is 0 Å². The summed E-state index contributed by atoms with van der Waals surface area (Å²) >= 11 is 1.50. The maximum absolute atomic E-state index is 11.9. The van der Waals surface area contributed by atoms with Crippen LogP contribution < -0.4 is 14.8 Å². The van der Waals surface area contributed by atoms with Gasteiger partial charge in [0.05, 0.1) is 18.9 Å². The summed E-state index contributed by atoms with van der Waals surface area (Å²) in [7, 11) is 0. The molecular weight excluding hydrogens is 312 g/mol. The second kappa shape index (κ2) is 8.53. The number of anilines is 1. The van der Waals surface area contributed by atoms with Crippen molar-refractivity contribution >= 4 is 22.4 Å². The summed E-state index contributed by atoms with van der Waals surface area (Å²) in [5.41, 5.74) is 0.959. The number of amides is 1. The number of aryl methyl sites for hydroxylation is 2. The molecule has 6 heteroatoms. The van der Waals surface area contributed by atoms with E-state index in [9.17, 15) is 4.79 Å². The minimum Gasteiger partial charge on any atom is -0.490 e. The number of benzene rings is 1. The molecule has 0 bridgehead atoms. The first-order chi connectivity index (χ1) is 11.1. The summed E-state index contributed by atoms with van der Waals surface area (Å²) in [6, 6.07) is 7.55. The first kappa shape index (κ1) is 17.3. The van der Waals surface area contributed by atoms with E-state index in [4.69, 9.17) is 9.47 Å². The number of ether oxygens (including phenoxy) is 2. The number of thiazole rings is 1. The van der Waals surface area contributed by atoms with Crippen LogP contribution in [0.15, 0.2) is 24.3 Å². The van der Waals surface area contributed by atoms with Crippen molar-refractivity contribution < 1.29 is 14.3 Å². The average molecular weight is 334 g/mol. The van der Waals surface area contributed by atoms with Crippen molar-refractivity contribution in [3.05, 3.63) is 34.8 Å². The highest BCUT2D eigenvalue weighted by atomic mass is 32.1. The lowest BCUT2D eigenvalue weighted by Crippen LogP contribution is -2.12. The highest BCUT2D eigenvalue weighted by Crippen LogP contribution is 2.26. The number of carbonyl (C=O) groups is 1. The smallest absolute Gasteiger partial charge is 0.226 e. The zero-order chi connectivity index (χ0) is 16.7. The zero-order valence-corrected chi connectivity index (χ0v) is 14.5. The maximum atomic E-state index is 11.9. The van der Waals surface area contributed by atoms with Gasteiger partial charge < -0.3 is 14.8 Å². The molecule has 0 aliphatic rings. The molecule has 2 rings (SSSR count). The molecule has 5 nitrogen and oxygen atoms in total. The van der Waals surface area contributed by atoms with Crippen LogP contribution in [0.5, 0.6) is 11.5 Å². The molecular formula is C17H22N2O3S. The summed E-state index contributed by atoms with van der Waals surface area (Å²) in [5.74, 6) is 1.40. The number of hydrogen-bond donors (Lipinski definition) is 1. The molecule has 1 amide bonds. The van der Waals surface area contributed by atoms with Gasteiger partial charge in [-0.2, -0.15) is 0 Å². The lowest BCUT2D eigenvalue weighted by molar-refractivity contribution is -0.116. The van der Waals surface area contributed by atoms with E-state index in [0.717, 1.165) is 16.3 Å². The van der Waals surface area contributed by atoms with E-state index in [1.807, 2.05) is 45.0 Å². The highest BCUT2D eigenvalue weighted by molar-refractivity contribution is 7.15. The Morgan fingerprint density at radius 3 is 2.52 bits per heavy atom. The summed E-state index contributed by atoms with van der Waals surface area (Å²) in [6.07, 6.45) is 1.03. The van der Waals surface area contributed by atoms with Crippen molar-refractivity contribution in [3.63, 3.8) is 0 Å². The van der Waals surface area contributed by atoms with Crippen LogP contribution >= 0.6 is 11.3 Å². The van der Waals surface area contributed by atoms with Gasteiger partial charge in [0.25, 0.3) is 0 Å². The summed E-state index contributed by atoms with van der Waals surface area (Å²) < 4.78 is 11.2. The van der Waals surface area contributed by atoms with E-state index >= 15 is 0 Å². The number of para-hydroxylation sites is 2. The number of hydrogen-bond acceptors (Lipinski definition) is 5. The first-order valence-electron chi connectivity index (χ1n) is 7.68. The second-order valence-corrected chi connectivity index (χ2v) is 6.24. The molecule has 23 heavy (non-hydrogen) atoms. The van der Waals surface area contributed by atoms with E-state index in [0.29, 0.717) is 36.9 Å². The molecule has 0 atom stereocenters.